The van der Waals surface area contributed by atoms with E-state index in [1.54, 1.807) is 4.90 Å². The minimum absolute atomic E-state index is 0.115. The van der Waals surface area contributed by atoms with E-state index >= 15 is 0 Å². The molecule has 0 saturated carbocycles. The van der Waals surface area contributed by atoms with Gasteiger partial charge in [-0.2, -0.15) is 0 Å². The molecule has 0 aliphatic rings. The van der Waals surface area contributed by atoms with Crippen molar-refractivity contribution in [3.63, 3.8) is 0 Å². The van der Waals surface area contributed by atoms with Gasteiger partial charge in [-0.25, -0.2) is 0 Å². The molecule has 1 aromatic carbocycles. The van der Waals surface area contributed by atoms with Gasteiger partial charge >= 0.3 is 0 Å². The number of benzene rings is 1. The zero-order valence-corrected chi connectivity index (χ0v) is 10.6. The lowest BCUT2D eigenvalue weighted by Crippen LogP contribution is -2.40. The number of carbonyl (C=O) groups is 1. The first-order valence-electron chi connectivity index (χ1n) is 5.80. The highest BCUT2D eigenvalue weighted by molar-refractivity contribution is 5.78. The van der Waals surface area contributed by atoms with Gasteiger partial charge < -0.3 is 15.5 Å². The first-order chi connectivity index (χ1) is 8.13. The number of carbonyl (C=O) groups excluding carboxylic acids is 1. The van der Waals surface area contributed by atoms with Crippen LogP contribution < -0.4 is 5.73 Å². The van der Waals surface area contributed by atoms with Crippen LogP contribution in [-0.4, -0.2) is 49.4 Å². The molecule has 1 amide bonds. The molecule has 94 valence electrons. The van der Waals surface area contributed by atoms with Crippen LogP contribution in [0, 0.1) is 0 Å². The van der Waals surface area contributed by atoms with Gasteiger partial charge in [-0.3, -0.25) is 4.79 Å². The SMILES string of the molecule is CN(C)CC(=O)N(CCN)Cc1ccccc1. The van der Waals surface area contributed by atoms with Gasteiger partial charge in [0.05, 0.1) is 6.54 Å². The summed E-state index contributed by atoms with van der Waals surface area (Å²) in [7, 11) is 3.78. The highest BCUT2D eigenvalue weighted by Gasteiger charge is 2.13. The number of hydrogen-bond acceptors (Lipinski definition) is 3. The Morgan fingerprint density at radius 3 is 2.41 bits per heavy atom. The largest absolute Gasteiger partial charge is 0.336 e. The molecule has 0 unspecified atom stereocenters. The number of nitrogens with two attached hydrogens (primary N) is 1. The van der Waals surface area contributed by atoms with E-state index in [-0.39, 0.29) is 5.91 Å². The molecule has 1 rings (SSSR count). The minimum Gasteiger partial charge on any atom is -0.336 e. The summed E-state index contributed by atoms with van der Waals surface area (Å²) >= 11 is 0. The van der Waals surface area contributed by atoms with Crippen molar-refractivity contribution in [2.24, 2.45) is 5.73 Å². The van der Waals surface area contributed by atoms with Gasteiger partial charge in [0.25, 0.3) is 0 Å². The third-order valence-electron chi connectivity index (χ3n) is 2.42. The molecule has 0 aliphatic heterocycles. The monoisotopic (exact) mass is 235 g/mol. The van der Waals surface area contributed by atoms with Gasteiger partial charge in [0, 0.05) is 19.6 Å². The Labute approximate surface area is 103 Å². The lowest BCUT2D eigenvalue weighted by atomic mass is 10.2. The maximum Gasteiger partial charge on any atom is 0.237 e. The molecule has 0 aromatic heterocycles. The van der Waals surface area contributed by atoms with Gasteiger partial charge in [-0.05, 0) is 19.7 Å². The Kier molecular flexibility index (Phi) is 5.66. The molecule has 0 fully saturated rings. The van der Waals surface area contributed by atoms with E-state index in [0.717, 1.165) is 5.56 Å². The van der Waals surface area contributed by atoms with E-state index in [1.165, 1.54) is 0 Å². The fourth-order valence-electron chi connectivity index (χ4n) is 1.62. The number of rotatable bonds is 6. The van der Waals surface area contributed by atoms with Crippen molar-refractivity contribution in [1.82, 2.24) is 9.80 Å². The zero-order valence-electron chi connectivity index (χ0n) is 10.6. The Bertz CT molecular complexity index is 338. The second kappa shape index (κ2) is 7.04. The van der Waals surface area contributed by atoms with E-state index in [4.69, 9.17) is 5.73 Å². The van der Waals surface area contributed by atoms with Gasteiger partial charge in [-0.15, -0.1) is 0 Å². The fourth-order valence-corrected chi connectivity index (χ4v) is 1.62. The van der Waals surface area contributed by atoms with Crippen LogP contribution in [0.5, 0.6) is 0 Å². The number of amides is 1. The lowest BCUT2D eigenvalue weighted by molar-refractivity contribution is -0.132. The van der Waals surface area contributed by atoms with Crippen LogP contribution in [0.2, 0.25) is 0 Å². The fraction of sp³-hybridized carbons (Fsp3) is 0.462. The van der Waals surface area contributed by atoms with Gasteiger partial charge in [-0.1, -0.05) is 30.3 Å². The van der Waals surface area contributed by atoms with E-state index in [1.807, 2.05) is 49.3 Å². The standard InChI is InChI=1S/C13H21N3O/c1-15(2)11-13(17)16(9-8-14)10-12-6-4-3-5-7-12/h3-7H,8-11,14H2,1-2H3. The van der Waals surface area contributed by atoms with Crippen LogP contribution in [0.4, 0.5) is 0 Å². The van der Waals surface area contributed by atoms with Crippen LogP contribution in [-0.2, 0) is 11.3 Å². The highest BCUT2D eigenvalue weighted by Crippen LogP contribution is 2.04. The lowest BCUT2D eigenvalue weighted by Gasteiger charge is -2.23. The summed E-state index contributed by atoms with van der Waals surface area (Å²) in [6.45, 7) is 2.14. The molecular formula is C13H21N3O. The van der Waals surface area contributed by atoms with Crippen molar-refractivity contribution in [1.29, 1.82) is 0 Å². The predicted octanol–water partition coefficient (Wildman–Crippen LogP) is 0.536. The molecule has 17 heavy (non-hydrogen) atoms. The Balaban J connectivity index is 2.63. The normalized spacial score (nSPS) is 10.6. The summed E-state index contributed by atoms with van der Waals surface area (Å²) in [6.07, 6.45) is 0. The molecule has 4 nitrogen and oxygen atoms in total. The molecule has 0 spiro atoms. The molecular weight excluding hydrogens is 214 g/mol. The quantitative estimate of drug-likeness (QED) is 0.782. The molecule has 4 heteroatoms. The Morgan fingerprint density at radius 1 is 1.24 bits per heavy atom. The van der Waals surface area contributed by atoms with Gasteiger partial charge in [0.1, 0.15) is 0 Å². The van der Waals surface area contributed by atoms with Crippen LogP contribution in [0.25, 0.3) is 0 Å². The summed E-state index contributed by atoms with van der Waals surface area (Å²) in [4.78, 5) is 15.6. The predicted molar refractivity (Wildman–Crippen MR) is 69.5 cm³/mol. The van der Waals surface area contributed by atoms with Crippen LogP contribution in [0.15, 0.2) is 30.3 Å². The first kappa shape index (κ1) is 13.7. The van der Waals surface area contributed by atoms with Crippen molar-refractivity contribution < 1.29 is 4.79 Å². The molecule has 0 heterocycles. The molecule has 2 N–H and O–H groups in total. The smallest absolute Gasteiger partial charge is 0.237 e. The van der Waals surface area contributed by atoms with Crippen LogP contribution in [0.1, 0.15) is 5.56 Å². The van der Waals surface area contributed by atoms with Gasteiger partial charge in [0.2, 0.25) is 5.91 Å². The van der Waals surface area contributed by atoms with Crippen molar-refractivity contribution in [3.8, 4) is 0 Å². The topological polar surface area (TPSA) is 49.6 Å². The summed E-state index contributed by atoms with van der Waals surface area (Å²) in [5.74, 6) is 0.115. The molecule has 0 atom stereocenters. The maximum atomic E-state index is 12.0. The first-order valence-corrected chi connectivity index (χ1v) is 5.80. The number of hydrogen-bond donors (Lipinski definition) is 1. The molecule has 0 aliphatic carbocycles. The molecule has 0 bridgehead atoms. The van der Waals surface area contributed by atoms with Crippen LogP contribution in [0.3, 0.4) is 0 Å². The summed E-state index contributed by atoms with van der Waals surface area (Å²) in [5.41, 5.74) is 6.68. The molecule has 0 radical (unpaired) electrons. The van der Waals surface area contributed by atoms with Gasteiger partial charge in [0.15, 0.2) is 0 Å². The van der Waals surface area contributed by atoms with E-state index in [2.05, 4.69) is 0 Å². The van der Waals surface area contributed by atoms with Crippen LogP contribution >= 0.6 is 0 Å². The Morgan fingerprint density at radius 2 is 1.88 bits per heavy atom. The highest BCUT2D eigenvalue weighted by atomic mass is 16.2. The van der Waals surface area contributed by atoms with Crippen molar-refractivity contribution in [2.75, 3.05) is 33.7 Å². The van der Waals surface area contributed by atoms with E-state index in [0.29, 0.717) is 26.2 Å². The second-order valence-corrected chi connectivity index (χ2v) is 4.33. The Hall–Kier alpha value is -1.39. The minimum atomic E-state index is 0.115. The van der Waals surface area contributed by atoms with E-state index in [9.17, 15) is 4.79 Å². The van der Waals surface area contributed by atoms with Crippen molar-refractivity contribution >= 4 is 5.91 Å². The maximum absolute atomic E-state index is 12.0. The summed E-state index contributed by atoms with van der Waals surface area (Å²) in [6, 6.07) is 9.97. The molecule has 1 aromatic rings. The summed E-state index contributed by atoms with van der Waals surface area (Å²) < 4.78 is 0. The average molecular weight is 235 g/mol. The number of nitrogens with zero attached hydrogens (tertiary/aromatic N) is 2. The van der Waals surface area contributed by atoms with E-state index < -0.39 is 0 Å². The van der Waals surface area contributed by atoms with Crippen molar-refractivity contribution in [2.45, 2.75) is 6.54 Å². The third kappa shape index (κ3) is 4.97. The number of likely N-dealkylation sites (N-methyl/N-ethyl adjacent to an activating group) is 1. The second-order valence-electron chi connectivity index (χ2n) is 4.33. The van der Waals surface area contributed by atoms with Crippen molar-refractivity contribution in [3.05, 3.63) is 35.9 Å². The zero-order chi connectivity index (χ0) is 12.7. The average Bonchev–Trinajstić information content (AvgIpc) is 2.29. The molecule has 0 saturated heterocycles. The summed E-state index contributed by atoms with van der Waals surface area (Å²) in [5, 5.41) is 0. The third-order valence-corrected chi connectivity index (χ3v) is 2.42.